The molecule has 4 rings (SSSR count). The van der Waals surface area contributed by atoms with Crippen molar-refractivity contribution in [1.82, 2.24) is 4.90 Å². The zero-order valence-corrected chi connectivity index (χ0v) is 23.2. The third-order valence-corrected chi connectivity index (χ3v) is 6.64. The number of rotatable bonds is 10. The van der Waals surface area contributed by atoms with Gasteiger partial charge in [-0.1, -0.05) is 35.9 Å². The number of carbonyl (C=O) groups is 4. The van der Waals surface area contributed by atoms with E-state index < -0.39 is 23.6 Å². The van der Waals surface area contributed by atoms with Gasteiger partial charge in [0.15, 0.2) is 18.1 Å². The van der Waals surface area contributed by atoms with Crippen molar-refractivity contribution in [3.63, 3.8) is 0 Å². The van der Waals surface area contributed by atoms with E-state index in [9.17, 15) is 19.2 Å². The lowest BCUT2D eigenvalue weighted by atomic mass is 10.2. The molecule has 1 aliphatic heterocycles. The molecule has 206 valence electrons. The molecule has 1 aliphatic rings. The zero-order chi connectivity index (χ0) is 28.6. The van der Waals surface area contributed by atoms with Gasteiger partial charge in [-0.2, -0.15) is 0 Å². The van der Waals surface area contributed by atoms with Crippen LogP contribution in [-0.4, -0.2) is 47.6 Å². The number of aryl methyl sites for hydroxylation is 2. The minimum Gasteiger partial charge on any atom is -0.490 e. The van der Waals surface area contributed by atoms with Crippen LogP contribution in [0.15, 0.2) is 71.6 Å². The molecule has 40 heavy (non-hydrogen) atoms. The molecule has 3 aromatic carbocycles. The molecule has 0 atom stereocenters. The molecule has 0 saturated carbocycles. The SMILES string of the molecule is CCOc1cc(/C=C2/SC(=O)N(CC(=O)Nc3ccc(C)cc3)C2=O)ccc1OCC(=O)Nc1cccc(C)c1. The average Bonchev–Trinajstić information content (AvgIpc) is 3.17. The highest BCUT2D eigenvalue weighted by Gasteiger charge is 2.36. The Balaban J connectivity index is 1.40. The largest absolute Gasteiger partial charge is 0.490 e. The van der Waals surface area contributed by atoms with E-state index in [1.54, 1.807) is 42.5 Å². The van der Waals surface area contributed by atoms with E-state index in [0.29, 0.717) is 35.0 Å². The average molecular weight is 560 g/mol. The highest BCUT2D eigenvalue weighted by molar-refractivity contribution is 8.18. The number of nitrogens with zero attached hydrogens (tertiary/aromatic N) is 1. The monoisotopic (exact) mass is 559 g/mol. The fourth-order valence-electron chi connectivity index (χ4n) is 3.83. The molecular weight excluding hydrogens is 530 g/mol. The molecule has 1 fully saturated rings. The number of anilines is 2. The van der Waals surface area contributed by atoms with Crippen LogP contribution in [0, 0.1) is 13.8 Å². The summed E-state index contributed by atoms with van der Waals surface area (Å²) in [4.78, 5) is 51.3. The van der Waals surface area contributed by atoms with E-state index >= 15 is 0 Å². The molecule has 3 aromatic rings. The van der Waals surface area contributed by atoms with Crippen molar-refractivity contribution in [2.24, 2.45) is 0 Å². The van der Waals surface area contributed by atoms with Crippen LogP contribution in [0.4, 0.5) is 16.2 Å². The number of ether oxygens (including phenoxy) is 2. The third kappa shape index (κ3) is 7.51. The highest BCUT2D eigenvalue weighted by atomic mass is 32.2. The summed E-state index contributed by atoms with van der Waals surface area (Å²) < 4.78 is 11.4. The van der Waals surface area contributed by atoms with Gasteiger partial charge in [0.2, 0.25) is 5.91 Å². The Hall–Kier alpha value is -4.57. The Morgan fingerprint density at radius 1 is 0.850 bits per heavy atom. The lowest BCUT2D eigenvalue weighted by Gasteiger charge is -2.13. The first-order chi connectivity index (χ1) is 19.2. The van der Waals surface area contributed by atoms with E-state index in [1.165, 1.54) is 0 Å². The van der Waals surface area contributed by atoms with Gasteiger partial charge in [0, 0.05) is 11.4 Å². The van der Waals surface area contributed by atoms with Crippen LogP contribution < -0.4 is 20.1 Å². The van der Waals surface area contributed by atoms with Crippen molar-refractivity contribution in [2.75, 3.05) is 30.4 Å². The number of benzene rings is 3. The second kappa shape index (κ2) is 13.0. The summed E-state index contributed by atoms with van der Waals surface area (Å²) in [5.41, 5.74) is 3.92. The second-order valence-corrected chi connectivity index (χ2v) is 10.0. The Labute approximate surface area is 236 Å². The summed E-state index contributed by atoms with van der Waals surface area (Å²) in [6, 6.07) is 19.6. The molecule has 0 aromatic heterocycles. The molecule has 4 amide bonds. The van der Waals surface area contributed by atoms with Crippen LogP contribution in [0.25, 0.3) is 6.08 Å². The molecule has 10 heteroatoms. The number of imide groups is 1. The predicted octanol–water partition coefficient (Wildman–Crippen LogP) is 5.39. The smallest absolute Gasteiger partial charge is 0.294 e. The highest BCUT2D eigenvalue weighted by Crippen LogP contribution is 2.34. The molecule has 0 aliphatic carbocycles. The molecule has 2 N–H and O–H groups in total. The van der Waals surface area contributed by atoms with E-state index in [1.807, 2.05) is 51.1 Å². The Morgan fingerprint density at radius 2 is 1.60 bits per heavy atom. The fourth-order valence-corrected chi connectivity index (χ4v) is 4.67. The van der Waals surface area contributed by atoms with Crippen LogP contribution in [0.1, 0.15) is 23.6 Å². The fraction of sp³-hybridized carbons (Fsp3) is 0.200. The van der Waals surface area contributed by atoms with Gasteiger partial charge in [0.05, 0.1) is 11.5 Å². The molecule has 0 bridgehead atoms. The number of thioether (sulfide) groups is 1. The van der Waals surface area contributed by atoms with Gasteiger partial charge in [0.1, 0.15) is 6.54 Å². The van der Waals surface area contributed by atoms with Gasteiger partial charge in [-0.15, -0.1) is 0 Å². The first-order valence-corrected chi connectivity index (χ1v) is 13.4. The van der Waals surface area contributed by atoms with Gasteiger partial charge < -0.3 is 20.1 Å². The van der Waals surface area contributed by atoms with Crippen LogP contribution in [0.5, 0.6) is 11.5 Å². The van der Waals surface area contributed by atoms with Crippen LogP contribution in [0.2, 0.25) is 0 Å². The number of nitrogens with one attached hydrogen (secondary N) is 2. The lowest BCUT2D eigenvalue weighted by molar-refractivity contribution is -0.127. The normalized spacial score (nSPS) is 13.9. The Morgan fingerprint density at radius 3 is 2.33 bits per heavy atom. The Bertz CT molecular complexity index is 1470. The first-order valence-electron chi connectivity index (χ1n) is 12.6. The minimum absolute atomic E-state index is 0.182. The first kappa shape index (κ1) is 28.4. The maximum atomic E-state index is 12.9. The lowest BCUT2D eigenvalue weighted by Crippen LogP contribution is -2.36. The molecular formula is C30H29N3O6S. The van der Waals surface area contributed by atoms with E-state index in [-0.39, 0.29) is 17.4 Å². The van der Waals surface area contributed by atoms with Crippen LogP contribution in [-0.2, 0) is 14.4 Å². The Kier molecular flexibility index (Phi) is 9.23. The topological polar surface area (TPSA) is 114 Å². The maximum Gasteiger partial charge on any atom is 0.294 e. The maximum absolute atomic E-state index is 12.9. The molecule has 0 spiro atoms. The summed E-state index contributed by atoms with van der Waals surface area (Å²) in [6.45, 7) is 5.42. The molecule has 1 saturated heterocycles. The molecule has 0 unspecified atom stereocenters. The summed E-state index contributed by atoms with van der Waals surface area (Å²) >= 11 is 0.760. The van der Waals surface area contributed by atoms with Gasteiger partial charge in [-0.3, -0.25) is 24.1 Å². The van der Waals surface area contributed by atoms with Crippen molar-refractivity contribution >= 4 is 52.2 Å². The van der Waals surface area contributed by atoms with Crippen LogP contribution in [0.3, 0.4) is 0 Å². The van der Waals surface area contributed by atoms with Gasteiger partial charge in [-0.05, 0) is 86.1 Å². The van der Waals surface area contributed by atoms with Gasteiger partial charge in [0.25, 0.3) is 17.1 Å². The number of carbonyl (C=O) groups excluding carboxylic acids is 4. The standard InChI is InChI=1S/C30H29N3O6S/c1-4-38-25-15-21(10-13-24(25)39-18-28(35)32-23-7-5-6-20(3)14-23)16-26-29(36)33(30(37)40-26)17-27(34)31-22-11-8-19(2)9-12-22/h5-16H,4,17-18H2,1-3H3,(H,31,34)(H,32,35)/b26-16+. The van der Waals surface area contributed by atoms with Crippen molar-refractivity contribution in [3.05, 3.63) is 88.3 Å². The number of amides is 4. The van der Waals surface area contributed by atoms with Crippen LogP contribution >= 0.6 is 11.8 Å². The number of hydrogen-bond donors (Lipinski definition) is 2. The summed E-state index contributed by atoms with van der Waals surface area (Å²) in [6.07, 6.45) is 1.56. The van der Waals surface area contributed by atoms with Crippen molar-refractivity contribution in [1.29, 1.82) is 0 Å². The predicted molar refractivity (Wildman–Crippen MR) is 155 cm³/mol. The second-order valence-electron chi connectivity index (χ2n) is 9.03. The van der Waals surface area contributed by atoms with Gasteiger partial charge >= 0.3 is 0 Å². The van der Waals surface area contributed by atoms with Gasteiger partial charge in [-0.25, -0.2) is 0 Å². The van der Waals surface area contributed by atoms with Crippen molar-refractivity contribution in [2.45, 2.75) is 20.8 Å². The quantitative estimate of drug-likeness (QED) is 0.320. The summed E-state index contributed by atoms with van der Waals surface area (Å²) in [7, 11) is 0. The van der Waals surface area contributed by atoms with Crippen molar-refractivity contribution < 1.29 is 28.7 Å². The molecule has 9 nitrogen and oxygen atoms in total. The number of hydrogen-bond acceptors (Lipinski definition) is 7. The summed E-state index contributed by atoms with van der Waals surface area (Å²) in [5, 5.41) is 4.95. The molecule has 0 radical (unpaired) electrons. The minimum atomic E-state index is -0.555. The summed E-state index contributed by atoms with van der Waals surface area (Å²) in [5.74, 6) is -0.605. The van der Waals surface area contributed by atoms with E-state index in [2.05, 4.69) is 10.6 Å². The zero-order valence-electron chi connectivity index (χ0n) is 22.4. The third-order valence-electron chi connectivity index (χ3n) is 5.74. The molecule has 1 heterocycles. The van der Waals surface area contributed by atoms with E-state index in [0.717, 1.165) is 27.8 Å². The van der Waals surface area contributed by atoms with E-state index in [4.69, 9.17) is 9.47 Å². The van der Waals surface area contributed by atoms with Crippen molar-refractivity contribution in [3.8, 4) is 11.5 Å².